The second-order valence-corrected chi connectivity index (χ2v) is 4.49. The van der Waals surface area contributed by atoms with Crippen LogP contribution < -0.4 is 5.32 Å². The topological polar surface area (TPSA) is 18.5 Å². The molecule has 0 atom stereocenters. The largest absolute Gasteiger partial charge is 0.317 e. The standard InChI is InChI=1S/C12H27N3/c1-4-15(5-2)11-10-14(3)12-6-8-13-9-7-12/h12-13H,4-11H2,1-3H3. The second kappa shape index (κ2) is 7.20. The first-order chi connectivity index (χ1) is 7.27. The predicted octanol–water partition coefficient (Wildman–Crippen LogP) is 1.01. The Bertz CT molecular complexity index is 151. The zero-order chi connectivity index (χ0) is 11.1. The van der Waals surface area contributed by atoms with Crippen molar-refractivity contribution in [1.82, 2.24) is 15.1 Å². The molecule has 1 rings (SSSR count). The molecule has 0 aliphatic carbocycles. The molecule has 90 valence electrons. The number of likely N-dealkylation sites (N-methyl/N-ethyl adjacent to an activating group) is 2. The molecule has 3 nitrogen and oxygen atoms in total. The highest BCUT2D eigenvalue weighted by Crippen LogP contribution is 2.09. The van der Waals surface area contributed by atoms with Gasteiger partial charge >= 0.3 is 0 Å². The van der Waals surface area contributed by atoms with Gasteiger partial charge in [-0.25, -0.2) is 0 Å². The minimum atomic E-state index is 0.807. The van der Waals surface area contributed by atoms with E-state index in [-0.39, 0.29) is 0 Å². The fraction of sp³-hybridized carbons (Fsp3) is 1.00. The number of piperidine rings is 1. The van der Waals surface area contributed by atoms with E-state index in [4.69, 9.17) is 0 Å². The summed E-state index contributed by atoms with van der Waals surface area (Å²) < 4.78 is 0. The third-order valence-corrected chi connectivity index (χ3v) is 3.60. The van der Waals surface area contributed by atoms with Crippen molar-refractivity contribution in [2.75, 3.05) is 46.3 Å². The van der Waals surface area contributed by atoms with Crippen LogP contribution in [0.4, 0.5) is 0 Å². The second-order valence-electron chi connectivity index (χ2n) is 4.49. The summed E-state index contributed by atoms with van der Waals surface area (Å²) in [4.78, 5) is 5.04. The molecule has 0 radical (unpaired) electrons. The molecule has 1 fully saturated rings. The highest BCUT2D eigenvalue weighted by Gasteiger charge is 2.17. The van der Waals surface area contributed by atoms with Crippen molar-refractivity contribution in [3.05, 3.63) is 0 Å². The Kier molecular flexibility index (Phi) is 6.22. The molecule has 0 aromatic carbocycles. The third kappa shape index (κ3) is 4.49. The maximum atomic E-state index is 3.42. The zero-order valence-electron chi connectivity index (χ0n) is 10.6. The predicted molar refractivity (Wildman–Crippen MR) is 66.3 cm³/mol. The molecule has 3 heteroatoms. The Morgan fingerprint density at radius 1 is 1.07 bits per heavy atom. The Balaban J connectivity index is 2.18. The van der Waals surface area contributed by atoms with Crippen LogP contribution in [0.5, 0.6) is 0 Å². The first-order valence-corrected chi connectivity index (χ1v) is 6.41. The van der Waals surface area contributed by atoms with Crippen molar-refractivity contribution < 1.29 is 0 Å². The summed E-state index contributed by atoms with van der Waals surface area (Å²) in [5, 5.41) is 3.42. The van der Waals surface area contributed by atoms with Gasteiger partial charge in [-0.2, -0.15) is 0 Å². The Morgan fingerprint density at radius 2 is 1.67 bits per heavy atom. The molecule has 15 heavy (non-hydrogen) atoms. The van der Waals surface area contributed by atoms with Gasteiger partial charge < -0.3 is 15.1 Å². The first-order valence-electron chi connectivity index (χ1n) is 6.41. The maximum absolute atomic E-state index is 3.42. The van der Waals surface area contributed by atoms with E-state index in [9.17, 15) is 0 Å². The van der Waals surface area contributed by atoms with Crippen molar-refractivity contribution in [3.63, 3.8) is 0 Å². The maximum Gasteiger partial charge on any atom is 0.0117 e. The molecule has 1 aliphatic heterocycles. The zero-order valence-corrected chi connectivity index (χ0v) is 10.6. The summed E-state index contributed by atoms with van der Waals surface area (Å²) in [7, 11) is 2.28. The van der Waals surface area contributed by atoms with Crippen molar-refractivity contribution >= 4 is 0 Å². The Labute approximate surface area is 94.8 Å². The fourth-order valence-corrected chi connectivity index (χ4v) is 2.27. The third-order valence-electron chi connectivity index (χ3n) is 3.60. The van der Waals surface area contributed by atoms with Crippen LogP contribution in [-0.2, 0) is 0 Å². The number of hydrogen-bond donors (Lipinski definition) is 1. The van der Waals surface area contributed by atoms with E-state index >= 15 is 0 Å². The number of nitrogens with zero attached hydrogens (tertiary/aromatic N) is 2. The quantitative estimate of drug-likeness (QED) is 0.710. The molecule has 0 unspecified atom stereocenters. The van der Waals surface area contributed by atoms with Gasteiger partial charge in [-0.05, 0) is 46.1 Å². The monoisotopic (exact) mass is 213 g/mol. The van der Waals surface area contributed by atoms with Gasteiger partial charge in [0.1, 0.15) is 0 Å². The van der Waals surface area contributed by atoms with Crippen LogP contribution in [0.2, 0.25) is 0 Å². The van der Waals surface area contributed by atoms with Crippen LogP contribution in [0.25, 0.3) is 0 Å². The van der Waals surface area contributed by atoms with Crippen molar-refractivity contribution in [1.29, 1.82) is 0 Å². The van der Waals surface area contributed by atoms with Crippen LogP contribution in [0.3, 0.4) is 0 Å². The molecule has 0 amide bonds. The van der Waals surface area contributed by atoms with Crippen LogP contribution in [0.15, 0.2) is 0 Å². The lowest BCUT2D eigenvalue weighted by atomic mass is 10.1. The summed E-state index contributed by atoms with van der Waals surface area (Å²) in [5.41, 5.74) is 0. The van der Waals surface area contributed by atoms with E-state index in [0.717, 1.165) is 6.04 Å². The van der Waals surface area contributed by atoms with Gasteiger partial charge in [0.2, 0.25) is 0 Å². The average molecular weight is 213 g/mol. The SMILES string of the molecule is CCN(CC)CCN(C)C1CCNCC1. The van der Waals surface area contributed by atoms with E-state index in [2.05, 4.69) is 36.0 Å². The van der Waals surface area contributed by atoms with E-state index in [0.29, 0.717) is 0 Å². The molecular weight excluding hydrogens is 186 g/mol. The minimum Gasteiger partial charge on any atom is -0.317 e. The summed E-state index contributed by atoms with van der Waals surface area (Å²) >= 11 is 0. The lowest BCUT2D eigenvalue weighted by molar-refractivity contribution is 0.170. The van der Waals surface area contributed by atoms with Crippen molar-refractivity contribution in [2.24, 2.45) is 0 Å². The molecule has 1 heterocycles. The normalized spacial score (nSPS) is 19.0. The molecule has 0 bridgehead atoms. The molecule has 0 aromatic heterocycles. The van der Waals surface area contributed by atoms with Crippen molar-refractivity contribution in [2.45, 2.75) is 32.7 Å². The van der Waals surface area contributed by atoms with Crippen LogP contribution >= 0.6 is 0 Å². The highest BCUT2D eigenvalue weighted by molar-refractivity contribution is 4.76. The van der Waals surface area contributed by atoms with E-state index in [1.807, 2.05) is 0 Å². The van der Waals surface area contributed by atoms with Crippen LogP contribution in [0, 0.1) is 0 Å². The summed E-state index contributed by atoms with van der Waals surface area (Å²) in [6, 6.07) is 0.807. The molecule has 0 aromatic rings. The molecular formula is C12H27N3. The number of hydrogen-bond acceptors (Lipinski definition) is 3. The van der Waals surface area contributed by atoms with Crippen LogP contribution in [0.1, 0.15) is 26.7 Å². The minimum absolute atomic E-state index is 0.807. The van der Waals surface area contributed by atoms with Gasteiger partial charge in [-0.1, -0.05) is 13.8 Å². The van der Waals surface area contributed by atoms with Gasteiger partial charge in [0.25, 0.3) is 0 Å². The van der Waals surface area contributed by atoms with E-state index in [1.54, 1.807) is 0 Å². The van der Waals surface area contributed by atoms with Gasteiger partial charge in [-0.15, -0.1) is 0 Å². The summed E-state index contributed by atoms with van der Waals surface area (Å²) in [6.45, 7) is 11.7. The van der Waals surface area contributed by atoms with E-state index < -0.39 is 0 Å². The molecule has 0 spiro atoms. The molecule has 1 saturated heterocycles. The van der Waals surface area contributed by atoms with E-state index in [1.165, 1.54) is 52.1 Å². The van der Waals surface area contributed by atoms with Gasteiger partial charge in [0.15, 0.2) is 0 Å². The molecule has 1 N–H and O–H groups in total. The summed E-state index contributed by atoms with van der Waals surface area (Å²) in [5.74, 6) is 0. The van der Waals surface area contributed by atoms with Crippen LogP contribution in [-0.4, -0.2) is 62.2 Å². The highest BCUT2D eigenvalue weighted by atomic mass is 15.2. The fourth-order valence-electron chi connectivity index (χ4n) is 2.27. The van der Waals surface area contributed by atoms with Gasteiger partial charge in [0.05, 0.1) is 0 Å². The smallest absolute Gasteiger partial charge is 0.0117 e. The average Bonchev–Trinajstić information content (AvgIpc) is 2.31. The molecule has 1 aliphatic rings. The lowest BCUT2D eigenvalue weighted by Gasteiger charge is -2.33. The first kappa shape index (κ1) is 12.9. The Hall–Kier alpha value is -0.120. The Morgan fingerprint density at radius 3 is 2.20 bits per heavy atom. The summed E-state index contributed by atoms with van der Waals surface area (Å²) in [6.07, 6.45) is 2.63. The van der Waals surface area contributed by atoms with Gasteiger partial charge in [0, 0.05) is 19.1 Å². The number of nitrogens with one attached hydrogen (secondary N) is 1. The lowest BCUT2D eigenvalue weighted by Crippen LogP contribution is -2.44. The number of rotatable bonds is 6. The van der Waals surface area contributed by atoms with Crippen molar-refractivity contribution in [3.8, 4) is 0 Å². The molecule has 0 saturated carbocycles. The van der Waals surface area contributed by atoms with Gasteiger partial charge in [-0.3, -0.25) is 0 Å².